The van der Waals surface area contributed by atoms with Crippen LogP contribution in [0.2, 0.25) is 0 Å². The van der Waals surface area contributed by atoms with E-state index in [1.807, 2.05) is 29.2 Å². The summed E-state index contributed by atoms with van der Waals surface area (Å²) < 4.78 is 2.37. The molecule has 3 aromatic rings. The molecule has 4 heteroatoms. The molecular weight excluding hydrogens is 376 g/mol. The highest BCUT2D eigenvalue weighted by atomic mass is 32.2. The van der Waals surface area contributed by atoms with Crippen LogP contribution in [0.5, 0.6) is 0 Å². The highest BCUT2D eigenvalue weighted by Crippen LogP contribution is 2.40. The van der Waals surface area contributed by atoms with Gasteiger partial charge in [0.05, 0.1) is 5.69 Å². The topological polar surface area (TPSA) is 23.6 Å². The minimum atomic E-state index is 0.0921. The number of nitrogens with zero attached hydrogens (tertiary/aromatic N) is 2. The fourth-order valence-corrected chi connectivity index (χ4v) is 5.45. The van der Waals surface area contributed by atoms with Crippen LogP contribution in [0.25, 0.3) is 0 Å². The van der Waals surface area contributed by atoms with Crippen LogP contribution in [-0.4, -0.2) is 18.5 Å². The van der Waals surface area contributed by atoms with Gasteiger partial charge >= 0.3 is 0 Å². The van der Waals surface area contributed by atoms with E-state index in [9.17, 15) is 4.79 Å². The van der Waals surface area contributed by atoms with Gasteiger partial charge in [-0.3, -0.25) is 4.79 Å². The monoisotopic (exact) mass is 400 g/mol. The maximum atomic E-state index is 13.3. The predicted octanol–water partition coefficient (Wildman–Crippen LogP) is 5.74. The van der Waals surface area contributed by atoms with Gasteiger partial charge in [0.25, 0.3) is 5.91 Å². The Hall–Kier alpha value is -2.72. The Bertz CT molecular complexity index is 1060. The van der Waals surface area contributed by atoms with Crippen molar-refractivity contribution in [3.8, 4) is 0 Å². The van der Waals surface area contributed by atoms with Crippen LogP contribution in [0.15, 0.2) is 77.7 Å². The van der Waals surface area contributed by atoms with E-state index in [1.54, 1.807) is 11.9 Å². The number of aryl methyl sites for hydroxylation is 1. The smallest absolute Gasteiger partial charge is 0.258 e. The van der Waals surface area contributed by atoms with Crippen molar-refractivity contribution in [2.24, 2.45) is 0 Å². The molecule has 0 N–H and O–H groups in total. The lowest BCUT2D eigenvalue weighted by molar-refractivity contribution is 0.0985. The first kappa shape index (κ1) is 18.3. The van der Waals surface area contributed by atoms with Crippen molar-refractivity contribution in [3.63, 3.8) is 0 Å². The summed E-state index contributed by atoms with van der Waals surface area (Å²) in [4.78, 5) is 16.4. The van der Waals surface area contributed by atoms with Crippen molar-refractivity contribution < 1.29 is 4.79 Å². The fraction of sp³-hybridized carbons (Fsp3) is 0.240. The van der Waals surface area contributed by atoms with Gasteiger partial charge in [-0.15, -0.1) is 0 Å². The Balaban J connectivity index is 1.40. The van der Waals surface area contributed by atoms with Crippen LogP contribution < -0.4 is 9.21 Å². The minimum Gasteiger partial charge on any atom is -0.309 e. The van der Waals surface area contributed by atoms with Crippen LogP contribution in [-0.2, 0) is 12.8 Å². The van der Waals surface area contributed by atoms with E-state index in [1.165, 1.54) is 16.8 Å². The number of hydrogen-bond acceptors (Lipinski definition) is 3. The minimum absolute atomic E-state index is 0.0921. The summed E-state index contributed by atoms with van der Waals surface area (Å²) in [6, 6.07) is 25.4. The Kier molecular flexibility index (Phi) is 4.80. The molecule has 0 spiro atoms. The molecule has 2 aliphatic rings. The Morgan fingerprint density at radius 1 is 0.931 bits per heavy atom. The second kappa shape index (κ2) is 7.60. The molecule has 0 bridgehead atoms. The zero-order valence-corrected chi connectivity index (χ0v) is 17.4. The van der Waals surface area contributed by atoms with E-state index >= 15 is 0 Å². The number of anilines is 2. The summed E-state index contributed by atoms with van der Waals surface area (Å²) in [6.07, 6.45) is 3.12. The van der Waals surface area contributed by atoms with Crippen LogP contribution in [0.4, 0.5) is 11.4 Å². The van der Waals surface area contributed by atoms with Crippen LogP contribution in [0.1, 0.15) is 34.8 Å². The molecule has 5 rings (SSSR count). The van der Waals surface area contributed by atoms with Gasteiger partial charge in [-0.1, -0.05) is 42.5 Å². The molecule has 29 heavy (non-hydrogen) atoms. The van der Waals surface area contributed by atoms with E-state index in [4.69, 9.17) is 0 Å². The van der Waals surface area contributed by atoms with Crippen LogP contribution in [0, 0.1) is 0 Å². The fourth-order valence-electron chi connectivity index (χ4n) is 4.38. The quantitative estimate of drug-likeness (QED) is 0.524. The van der Waals surface area contributed by atoms with E-state index in [-0.39, 0.29) is 5.91 Å². The zero-order valence-electron chi connectivity index (χ0n) is 16.5. The molecule has 0 saturated carbocycles. The zero-order chi connectivity index (χ0) is 19.8. The lowest BCUT2D eigenvalue weighted by atomic mass is 10.0. The number of carbonyl (C=O) groups excluding carboxylic acids is 1. The summed E-state index contributed by atoms with van der Waals surface area (Å²) >= 11 is 1.73. The van der Waals surface area contributed by atoms with Gasteiger partial charge in [-0.2, -0.15) is 0 Å². The van der Waals surface area contributed by atoms with Crippen LogP contribution >= 0.6 is 11.9 Å². The number of para-hydroxylation sites is 2. The van der Waals surface area contributed by atoms with Gasteiger partial charge in [0.2, 0.25) is 0 Å². The SMILES string of the molecule is CC1Cc2ccccc2N1Sc1cccc(C(=O)N2CCCc3ccccc32)c1. The Labute approximate surface area is 176 Å². The largest absolute Gasteiger partial charge is 0.309 e. The number of carbonyl (C=O) groups is 1. The number of rotatable bonds is 3. The molecule has 3 nitrogen and oxygen atoms in total. The summed E-state index contributed by atoms with van der Waals surface area (Å²) in [5.41, 5.74) is 5.76. The number of fused-ring (bicyclic) bond motifs is 2. The highest BCUT2D eigenvalue weighted by molar-refractivity contribution is 8.00. The lowest BCUT2D eigenvalue weighted by Crippen LogP contribution is -2.35. The average molecular weight is 401 g/mol. The van der Waals surface area contributed by atoms with Gasteiger partial charge in [-0.05, 0) is 79.6 Å². The van der Waals surface area contributed by atoms with Gasteiger partial charge in [-0.25, -0.2) is 0 Å². The lowest BCUT2D eigenvalue weighted by Gasteiger charge is -2.29. The summed E-state index contributed by atoms with van der Waals surface area (Å²) in [6.45, 7) is 3.04. The highest BCUT2D eigenvalue weighted by Gasteiger charge is 2.27. The van der Waals surface area contributed by atoms with Gasteiger partial charge in [0.1, 0.15) is 0 Å². The van der Waals surface area contributed by atoms with Crippen molar-refractivity contribution >= 4 is 29.2 Å². The molecule has 1 atom stereocenters. The molecular formula is C25H24N2OS. The standard InChI is InChI=1S/C25H24N2OS/c1-18-16-20-9-3-5-14-24(20)27(18)29-22-12-6-10-21(17-22)25(28)26-15-7-11-19-8-2-4-13-23(19)26/h2-6,8-10,12-14,17-18H,7,11,15-16H2,1H3. The van der Waals surface area contributed by atoms with Crippen molar-refractivity contribution in [1.29, 1.82) is 0 Å². The Morgan fingerprint density at radius 2 is 1.69 bits per heavy atom. The summed E-state index contributed by atoms with van der Waals surface area (Å²) in [5, 5.41) is 0. The summed E-state index contributed by atoms with van der Waals surface area (Å²) in [7, 11) is 0. The number of amides is 1. The Morgan fingerprint density at radius 3 is 2.55 bits per heavy atom. The van der Waals surface area contributed by atoms with E-state index in [2.05, 4.69) is 59.8 Å². The third-order valence-corrected chi connectivity index (χ3v) is 7.00. The molecule has 2 aliphatic heterocycles. The first-order valence-corrected chi connectivity index (χ1v) is 11.0. The second-order valence-corrected chi connectivity index (χ2v) is 8.86. The molecule has 3 aromatic carbocycles. The van der Waals surface area contributed by atoms with Crippen molar-refractivity contribution in [2.75, 3.05) is 15.7 Å². The van der Waals surface area contributed by atoms with Crippen LogP contribution in [0.3, 0.4) is 0 Å². The number of benzene rings is 3. The predicted molar refractivity (Wildman–Crippen MR) is 121 cm³/mol. The summed E-state index contributed by atoms with van der Waals surface area (Å²) in [5.74, 6) is 0.0921. The first-order valence-electron chi connectivity index (χ1n) is 10.3. The maximum Gasteiger partial charge on any atom is 0.258 e. The van der Waals surface area contributed by atoms with E-state index < -0.39 is 0 Å². The average Bonchev–Trinajstić information content (AvgIpc) is 3.08. The molecule has 2 heterocycles. The molecule has 0 saturated heterocycles. The van der Waals surface area contributed by atoms with Crippen molar-refractivity contribution in [1.82, 2.24) is 0 Å². The van der Waals surface area contributed by atoms with E-state index in [0.29, 0.717) is 6.04 Å². The van der Waals surface area contributed by atoms with Gasteiger partial charge in [0, 0.05) is 28.7 Å². The molecule has 0 aromatic heterocycles. The molecule has 1 amide bonds. The molecule has 0 aliphatic carbocycles. The molecule has 146 valence electrons. The first-order chi connectivity index (χ1) is 14.2. The van der Waals surface area contributed by atoms with Gasteiger partial charge in [0.15, 0.2) is 0 Å². The normalized spacial score (nSPS) is 17.8. The van der Waals surface area contributed by atoms with E-state index in [0.717, 1.165) is 42.0 Å². The van der Waals surface area contributed by atoms with Crippen molar-refractivity contribution in [2.45, 2.75) is 37.1 Å². The van der Waals surface area contributed by atoms with Gasteiger partial charge < -0.3 is 9.21 Å². The second-order valence-electron chi connectivity index (χ2n) is 7.82. The molecule has 0 fully saturated rings. The molecule has 1 unspecified atom stereocenters. The third-order valence-electron chi connectivity index (χ3n) is 5.78. The third kappa shape index (κ3) is 3.42. The maximum absolute atomic E-state index is 13.3. The number of hydrogen-bond donors (Lipinski definition) is 0. The molecule has 0 radical (unpaired) electrons. The van der Waals surface area contributed by atoms with Crippen molar-refractivity contribution in [3.05, 3.63) is 89.5 Å².